The number of ether oxygens (including phenoxy) is 4. The zero-order chi connectivity index (χ0) is 64.9. The van der Waals surface area contributed by atoms with Crippen molar-refractivity contribution in [2.24, 2.45) is 5.92 Å². The Labute approximate surface area is 537 Å². The largest absolute Gasteiger partial charge is 0.472 e. The fourth-order valence-corrected chi connectivity index (χ4v) is 12.0. The van der Waals surface area contributed by atoms with Crippen molar-refractivity contribution in [1.82, 2.24) is 0 Å². The molecule has 0 saturated carbocycles. The SMILES string of the molecule is CCCCCCCCCCCCCCCCCCCCCCC(=O)O[C@H](COC(=O)CCCCCCCCCCCCCC(C)C)COP(=O)(O)OC[C@@H](O)COP(=O)(O)OC[C@@H](COC(=O)CCCCCCC)OC(=O)CCCCCCCCCCC. The van der Waals surface area contributed by atoms with Gasteiger partial charge in [0, 0.05) is 25.7 Å². The number of hydrogen-bond acceptors (Lipinski definition) is 15. The van der Waals surface area contributed by atoms with E-state index < -0.39 is 97.5 Å². The van der Waals surface area contributed by atoms with Crippen LogP contribution in [0.3, 0.4) is 0 Å². The van der Waals surface area contributed by atoms with Gasteiger partial charge in [0.1, 0.15) is 19.3 Å². The summed E-state index contributed by atoms with van der Waals surface area (Å²) in [5, 5.41) is 10.5. The summed E-state index contributed by atoms with van der Waals surface area (Å²) in [6.07, 6.45) is 49.1. The molecule has 19 heteroatoms. The summed E-state index contributed by atoms with van der Waals surface area (Å²) in [6, 6.07) is 0. The van der Waals surface area contributed by atoms with Crippen LogP contribution in [0.5, 0.6) is 0 Å². The highest BCUT2D eigenvalue weighted by molar-refractivity contribution is 7.47. The molecule has 0 rings (SSSR count). The molecule has 17 nitrogen and oxygen atoms in total. The quantitative estimate of drug-likeness (QED) is 0.0222. The Morgan fingerprint density at radius 3 is 0.773 bits per heavy atom. The number of hydrogen-bond donors (Lipinski definition) is 3. The Bertz CT molecular complexity index is 1700. The molecule has 0 saturated heterocycles. The summed E-state index contributed by atoms with van der Waals surface area (Å²) in [5.74, 6) is -1.37. The number of aliphatic hydroxyl groups excluding tert-OH is 1. The maximum Gasteiger partial charge on any atom is 0.472 e. The molecule has 3 N–H and O–H groups in total. The molecule has 0 aliphatic heterocycles. The van der Waals surface area contributed by atoms with Gasteiger partial charge in [-0.1, -0.05) is 304 Å². The van der Waals surface area contributed by atoms with Gasteiger partial charge in [-0.05, 0) is 31.6 Å². The van der Waals surface area contributed by atoms with Gasteiger partial charge in [0.15, 0.2) is 12.2 Å². The fourth-order valence-electron chi connectivity index (χ4n) is 10.5. The minimum Gasteiger partial charge on any atom is -0.462 e. The molecule has 0 aromatic rings. The highest BCUT2D eigenvalue weighted by Crippen LogP contribution is 2.45. The van der Waals surface area contributed by atoms with Crippen LogP contribution in [0.25, 0.3) is 0 Å². The first kappa shape index (κ1) is 86.1. The third kappa shape index (κ3) is 62.8. The normalized spacial score (nSPS) is 14.1. The van der Waals surface area contributed by atoms with E-state index in [2.05, 4.69) is 34.6 Å². The molecule has 88 heavy (non-hydrogen) atoms. The van der Waals surface area contributed by atoms with Crippen LogP contribution in [0.2, 0.25) is 0 Å². The van der Waals surface area contributed by atoms with Gasteiger partial charge in [-0.2, -0.15) is 0 Å². The molecule has 0 aliphatic carbocycles. The van der Waals surface area contributed by atoms with E-state index in [1.54, 1.807) is 0 Å². The average Bonchev–Trinajstić information content (AvgIpc) is 3.65. The fraction of sp³-hybridized carbons (Fsp3) is 0.942. The Kier molecular flexibility index (Phi) is 61.1. The predicted molar refractivity (Wildman–Crippen MR) is 354 cm³/mol. The van der Waals surface area contributed by atoms with E-state index in [1.807, 2.05) is 0 Å². The summed E-state index contributed by atoms with van der Waals surface area (Å²) < 4.78 is 68.0. The van der Waals surface area contributed by atoms with Crippen LogP contribution in [0.4, 0.5) is 0 Å². The highest BCUT2D eigenvalue weighted by atomic mass is 31.2. The minimum absolute atomic E-state index is 0.105. The molecule has 0 aromatic carbocycles. The molecule has 2 unspecified atom stereocenters. The molecule has 0 spiro atoms. The lowest BCUT2D eigenvalue weighted by Crippen LogP contribution is -2.30. The van der Waals surface area contributed by atoms with E-state index in [4.69, 9.17) is 37.0 Å². The van der Waals surface area contributed by atoms with Crippen LogP contribution in [0.15, 0.2) is 0 Å². The van der Waals surface area contributed by atoms with E-state index in [0.29, 0.717) is 25.7 Å². The van der Waals surface area contributed by atoms with Gasteiger partial charge in [0.25, 0.3) is 0 Å². The van der Waals surface area contributed by atoms with E-state index in [-0.39, 0.29) is 25.7 Å². The lowest BCUT2D eigenvalue weighted by Gasteiger charge is -2.21. The van der Waals surface area contributed by atoms with Crippen molar-refractivity contribution in [3.63, 3.8) is 0 Å². The lowest BCUT2D eigenvalue weighted by molar-refractivity contribution is -0.161. The molecule has 0 aliphatic rings. The molecular formula is C69H134O17P2. The van der Waals surface area contributed by atoms with Crippen molar-refractivity contribution in [3.8, 4) is 0 Å². The second kappa shape index (κ2) is 62.5. The smallest absolute Gasteiger partial charge is 0.462 e. The Hall–Kier alpha value is -1.94. The molecule has 0 amide bonds. The maximum absolute atomic E-state index is 13.0. The summed E-state index contributed by atoms with van der Waals surface area (Å²) >= 11 is 0. The molecule has 0 aromatic heterocycles. The third-order valence-corrected chi connectivity index (χ3v) is 17.9. The van der Waals surface area contributed by atoms with Crippen molar-refractivity contribution in [2.75, 3.05) is 39.6 Å². The number of unbranched alkanes of at least 4 members (excludes halogenated alkanes) is 41. The third-order valence-electron chi connectivity index (χ3n) is 16.0. The van der Waals surface area contributed by atoms with Crippen LogP contribution in [0, 0.1) is 5.92 Å². The average molecular weight is 1300 g/mol. The van der Waals surface area contributed by atoms with E-state index in [9.17, 15) is 43.2 Å². The van der Waals surface area contributed by atoms with Gasteiger partial charge in [-0.15, -0.1) is 0 Å². The number of rotatable bonds is 69. The molecule has 0 fully saturated rings. The van der Waals surface area contributed by atoms with Gasteiger partial charge < -0.3 is 33.8 Å². The minimum atomic E-state index is -4.95. The zero-order valence-electron chi connectivity index (χ0n) is 56.9. The van der Waals surface area contributed by atoms with Gasteiger partial charge in [-0.3, -0.25) is 37.3 Å². The number of phosphoric ester groups is 2. The van der Waals surface area contributed by atoms with E-state index >= 15 is 0 Å². The van der Waals surface area contributed by atoms with Crippen LogP contribution in [0.1, 0.15) is 356 Å². The van der Waals surface area contributed by atoms with Crippen LogP contribution in [-0.2, 0) is 65.4 Å². The molecule has 0 bridgehead atoms. The van der Waals surface area contributed by atoms with Crippen molar-refractivity contribution in [3.05, 3.63) is 0 Å². The summed E-state index contributed by atoms with van der Waals surface area (Å²) in [5.41, 5.74) is 0. The van der Waals surface area contributed by atoms with E-state index in [1.165, 1.54) is 173 Å². The summed E-state index contributed by atoms with van der Waals surface area (Å²) in [6.45, 7) is 7.13. The van der Waals surface area contributed by atoms with Crippen molar-refractivity contribution < 1.29 is 80.2 Å². The topological polar surface area (TPSA) is 237 Å². The first-order valence-corrected chi connectivity index (χ1v) is 39.1. The van der Waals surface area contributed by atoms with Crippen molar-refractivity contribution >= 4 is 39.5 Å². The number of carbonyl (C=O) groups is 4. The second-order valence-corrected chi connectivity index (χ2v) is 28.3. The summed E-state index contributed by atoms with van der Waals surface area (Å²) in [7, 11) is -9.88. The highest BCUT2D eigenvalue weighted by Gasteiger charge is 2.30. The molecule has 522 valence electrons. The molecule has 0 radical (unpaired) electrons. The first-order chi connectivity index (χ1) is 42.5. The number of carbonyl (C=O) groups excluding carboxylic acids is 4. The standard InChI is InChI=1S/C69H134O17P2/c1-6-9-12-15-17-19-20-21-22-23-24-25-26-27-28-31-36-40-45-50-55-69(74)86-65(59-80-67(72)53-48-43-38-35-32-29-30-34-37-42-46-51-62(4)5)61-84-88(77,78)82-57-63(70)56-81-87(75,76)83-60-64(58-79-66(71)52-47-41-14-11-8-3)85-68(73)54-49-44-39-33-18-16-13-10-7-2/h62-65,70H,6-61H2,1-5H3,(H,75,76)(H,77,78)/t63-,64+,65+/m0/s1. The van der Waals surface area contributed by atoms with Crippen LogP contribution >= 0.6 is 15.6 Å². The molecule has 5 atom stereocenters. The van der Waals surface area contributed by atoms with Gasteiger partial charge in [0.2, 0.25) is 0 Å². The Morgan fingerprint density at radius 2 is 0.523 bits per heavy atom. The lowest BCUT2D eigenvalue weighted by atomic mass is 10.0. The van der Waals surface area contributed by atoms with Crippen molar-refractivity contribution in [1.29, 1.82) is 0 Å². The monoisotopic (exact) mass is 1300 g/mol. The first-order valence-electron chi connectivity index (χ1n) is 36.1. The van der Waals surface area contributed by atoms with Crippen LogP contribution < -0.4 is 0 Å². The zero-order valence-corrected chi connectivity index (χ0v) is 58.6. The van der Waals surface area contributed by atoms with Crippen LogP contribution in [-0.4, -0.2) is 96.7 Å². The Balaban J connectivity index is 5.12. The maximum atomic E-state index is 13.0. The predicted octanol–water partition coefficient (Wildman–Crippen LogP) is 19.7. The Morgan fingerprint density at radius 1 is 0.307 bits per heavy atom. The number of phosphoric acid groups is 2. The molecular weight excluding hydrogens is 1160 g/mol. The number of esters is 4. The van der Waals surface area contributed by atoms with E-state index in [0.717, 1.165) is 102 Å². The summed E-state index contributed by atoms with van der Waals surface area (Å²) in [4.78, 5) is 72.1. The number of aliphatic hydroxyl groups is 1. The van der Waals surface area contributed by atoms with Gasteiger partial charge >= 0.3 is 39.5 Å². The van der Waals surface area contributed by atoms with Gasteiger partial charge in [-0.25, -0.2) is 9.13 Å². The van der Waals surface area contributed by atoms with Crippen molar-refractivity contribution in [2.45, 2.75) is 374 Å². The van der Waals surface area contributed by atoms with Gasteiger partial charge in [0.05, 0.1) is 26.4 Å². The molecule has 0 heterocycles. The second-order valence-electron chi connectivity index (χ2n) is 25.4.